The van der Waals surface area contributed by atoms with Gasteiger partial charge in [-0.2, -0.15) is 0 Å². The summed E-state index contributed by atoms with van der Waals surface area (Å²) in [6, 6.07) is 5.27. The third-order valence-electron chi connectivity index (χ3n) is 11.4. The number of halogens is 6. The summed E-state index contributed by atoms with van der Waals surface area (Å²) < 4.78 is 87.5. The van der Waals surface area contributed by atoms with Gasteiger partial charge < -0.3 is 64.8 Å². The first kappa shape index (κ1) is 67.4. The van der Waals surface area contributed by atoms with Crippen LogP contribution in [0.25, 0.3) is 0 Å². The molecule has 0 saturated carbocycles. The summed E-state index contributed by atoms with van der Waals surface area (Å²) in [7, 11) is 0. The average Bonchev–Trinajstić information content (AvgIpc) is 3.47. The van der Waals surface area contributed by atoms with Crippen molar-refractivity contribution < 1.29 is 74.6 Å². The van der Waals surface area contributed by atoms with Crippen molar-refractivity contribution in [2.75, 3.05) is 31.5 Å². The van der Waals surface area contributed by atoms with Gasteiger partial charge in [0.15, 0.2) is 23.3 Å². The van der Waals surface area contributed by atoms with E-state index in [1.165, 1.54) is 23.5 Å². The Balaban J connectivity index is 0.00000514. The third kappa shape index (κ3) is 24.2. The zero-order valence-corrected chi connectivity index (χ0v) is 45.6. The fourth-order valence-corrected chi connectivity index (χ4v) is 6.84. The number of nitrogens with one attached hydrogen (secondary N) is 8. The summed E-state index contributed by atoms with van der Waals surface area (Å²) in [6.07, 6.45) is -2.27. The van der Waals surface area contributed by atoms with Crippen LogP contribution in [-0.2, 0) is 56.0 Å². The number of hydrogen-bond acceptors (Lipinski definition) is 12. The molecule has 4 atom stereocenters. The van der Waals surface area contributed by atoms with Gasteiger partial charge in [-0.25, -0.2) is 26.3 Å². The van der Waals surface area contributed by atoms with Crippen molar-refractivity contribution in [1.29, 1.82) is 0 Å². The van der Waals surface area contributed by atoms with Crippen molar-refractivity contribution in [1.82, 2.24) is 37.2 Å². The summed E-state index contributed by atoms with van der Waals surface area (Å²) in [5.41, 5.74) is 17.4. The molecule has 0 fully saturated rings. The third-order valence-corrected chi connectivity index (χ3v) is 12.6. The molecule has 21 nitrogen and oxygen atoms in total. The van der Waals surface area contributed by atoms with E-state index in [0.29, 0.717) is 24.1 Å². The molecule has 0 aliphatic rings. The molecular formula is C51H67F6N11O10Se. The van der Waals surface area contributed by atoms with E-state index < -0.39 is 163 Å². The van der Waals surface area contributed by atoms with Crippen molar-refractivity contribution in [3.8, 4) is 0 Å². The Morgan fingerprint density at radius 1 is 0.595 bits per heavy atom. The second kappa shape index (κ2) is 34.9. The van der Waals surface area contributed by atoms with Crippen LogP contribution in [0, 0.1) is 41.8 Å². The number of carboxylic acids is 1. The Kier molecular flexibility index (Phi) is 29.8. The number of carbonyl (C=O) groups excluding carboxylic acids is 8. The summed E-state index contributed by atoms with van der Waals surface area (Å²) in [5.74, 6) is -20.6. The fraction of sp³-hybridized carbons (Fsp3) is 0.431. The molecule has 0 aliphatic heterocycles. The van der Waals surface area contributed by atoms with Crippen molar-refractivity contribution in [2.24, 2.45) is 17.2 Å². The van der Waals surface area contributed by atoms with E-state index in [2.05, 4.69) is 44.6 Å². The van der Waals surface area contributed by atoms with Gasteiger partial charge in [0.25, 0.3) is 0 Å². The fourth-order valence-electron chi connectivity index (χ4n) is 6.84. The first-order valence-electron chi connectivity index (χ1n) is 24.6. The van der Waals surface area contributed by atoms with Crippen LogP contribution in [0.5, 0.6) is 0 Å². The predicted octanol–water partition coefficient (Wildman–Crippen LogP) is 1.64. The SMILES string of the molecule is C/C(CCC(=O)N[C@@H](CCC(=O)O)C(=O)NCC(=O)NCC(=O)N[C@@H](Cc1c(F)c(F)c(F)c(F)c1F)C(=O)NC(Cc1ccccc1F)C(=O)NCC(=O)N[C@@H](CCCCN)C(N)=O)=C(/N)Nc1ccc(C)cc1.CC[Se]C. The van der Waals surface area contributed by atoms with Gasteiger partial charge in [-0.3, -0.25) is 43.2 Å². The van der Waals surface area contributed by atoms with Gasteiger partial charge in [-0.1, -0.05) is 35.9 Å². The summed E-state index contributed by atoms with van der Waals surface area (Å²) in [4.78, 5) is 115. The average molecular weight is 1190 g/mol. The molecule has 0 aromatic heterocycles. The molecule has 1 unspecified atom stereocenters. The zero-order chi connectivity index (χ0) is 59.4. The number of nitrogens with two attached hydrogens (primary N) is 3. The number of amides is 8. The standard InChI is InChI=1S/C48H59F6N11O10.C3H8Se/c1-24-10-13-27(14-11-24)61-44(56)25(2)12-16-34(66)63-31(15-17-38(70)71)46(73)59-21-35(67)58-22-36(68)64-33(20-28-39(50)41(52)43(54)42(53)40(28)51)48(75)65-32(19-26-7-3-4-8-29(26)49)47(74)60-23-37(69)62-30(45(57)72)9-5-6-18-55;1-3-4-2/h3-4,7-8,10-11,13-14,30-33,61H,5-6,9,12,15-23,55-56H2,1-2H3,(H2,57,72)(H,58,67)(H,59,73)(H,60,74)(H,62,69)(H,63,66)(H,64,68)(H,65,75)(H,70,71);3H2,1-2H3/b44-25+;/t30-,31-,32?,33-;/m0./s1. The van der Waals surface area contributed by atoms with Gasteiger partial charge in [0.2, 0.25) is 53.1 Å². The Morgan fingerprint density at radius 2 is 1.11 bits per heavy atom. The predicted molar refractivity (Wildman–Crippen MR) is 279 cm³/mol. The number of aliphatic carboxylic acids is 1. The number of unbranched alkanes of at least 4 members (excludes halogenated alkanes) is 1. The second-order valence-electron chi connectivity index (χ2n) is 17.6. The van der Waals surface area contributed by atoms with Crippen LogP contribution in [0.4, 0.5) is 32.0 Å². The first-order chi connectivity index (χ1) is 37.3. The molecule has 0 saturated heterocycles. The number of anilines is 1. The Bertz CT molecular complexity index is 2620. The van der Waals surface area contributed by atoms with Crippen LogP contribution in [-0.4, -0.2) is 124 Å². The molecule has 434 valence electrons. The van der Waals surface area contributed by atoms with Gasteiger partial charge in [0.1, 0.15) is 30.0 Å². The minimum absolute atomic E-state index is 0.0940. The Hall–Kier alpha value is -7.71. The molecule has 0 heterocycles. The number of aryl methyl sites for hydroxylation is 1. The molecular weight excluding hydrogens is 1120 g/mol. The Labute approximate surface area is 458 Å². The molecule has 15 N–H and O–H groups in total. The monoisotopic (exact) mass is 1190 g/mol. The van der Waals surface area contributed by atoms with E-state index in [4.69, 9.17) is 17.2 Å². The summed E-state index contributed by atoms with van der Waals surface area (Å²) >= 11 is 0.917. The topological polar surface area (TPSA) is 348 Å². The van der Waals surface area contributed by atoms with E-state index in [9.17, 15) is 74.6 Å². The van der Waals surface area contributed by atoms with Crippen LogP contribution >= 0.6 is 0 Å². The molecule has 0 radical (unpaired) electrons. The number of rotatable bonds is 31. The van der Waals surface area contributed by atoms with E-state index in [-0.39, 0.29) is 37.2 Å². The normalized spacial score (nSPS) is 12.6. The number of primary amides is 1. The first-order valence-corrected chi connectivity index (χ1v) is 27.5. The molecule has 0 aliphatic carbocycles. The van der Waals surface area contributed by atoms with Gasteiger partial charge in [-0.15, -0.1) is 0 Å². The van der Waals surface area contributed by atoms with Crippen LogP contribution in [0.15, 0.2) is 59.9 Å². The van der Waals surface area contributed by atoms with Gasteiger partial charge in [0, 0.05) is 36.9 Å². The van der Waals surface area contributed by atoms with Crippen molar-refractivity contribution >= 4 is 73.9 Å². The van der Waals surface area contributed by atoms with Crippen LogP contribution < -0.4 is 59.7 Å². The summed E-state index contributed by atoms with van der Waals surface area (Å²) in [6.45, 7) is 3.22. The van der Waals surface area contributed by atoms with Gasteiger partial charge in [-0.05, 0) is 81.8 Å². The molecule has 0 bridgehead atoms. The number of carbonyl (C=O) groups is 9. The molecule has 3 aromatic rings. The maximum absolute atomic E-state index is 15.0. The van der Waals surface area contributed by atoms with Crippen LogP contribution in [0.2, 0.25) is 11.1 Å². The number of benzene rings is 3. The zero-order valence-electron chi connectivity index (χ0n) is 43.9. The van der Waals surface area contributed by atoms with E-state index in [1.807, 2.05) is 29.7 Å². The van der Waals surface area contributed by atoms with E-state index >= 15 is 0 Å². The van der Waals surface area contributed by atoms with Gasteiger partial charge >= 0.3 is 39.0 Å². The molecule has 0 spiro atoms. The molecule has 79 heavy (non-hydrogen) atoms. The van der Waals surface area contributed by atoms with E-state index in [0.717, 1.165) is 26.6 Å². The van der Waals surface area contributed by atoms with Crippen molar-refractivity contribution in [3.63, 3.8) is 0 Å². The number of hydrogen-bond donors (Lipinski definition) is 12. The molecule has 28 heteroatoms. The van der Waals surface area contributed by atoms with E-state index in [1.54, 1.807) is 19.1 Å². The quantitative estimate of drug-likeness (QED) is 0.0144. The molecule has 3 rings (SSSR count). The Morgan fingerprint density at radius 3 is 1.67 bits per heavy atom. The van der Waals surface area contributed by atoms with Crippen LogP contribution in [0.1, 0.15) is 75.5 Å². The van der Waals surface area contributed by atoms with Gasteiger partial charge in [0.05, 0.1) is 25.5 Å². The number of allylic oxidation sites excluding steroid dienone is 1. The molecule has 8 amide bonds. The molecule has 3 aromatic carbocycles. The summed E-state index contributed by atoms with van der Waals surface area (Å²) in [5, 5.41) is 28.8. The number of carboxylic acid groups (broad SMARTS) is 1. The second-order valence-corrected chi connectivity index (χ2v) is 20.0. The van der Waals surface area contributed by atoms with Crippen molar-refractivity contribution in [2.45, 2.75) is 114 Å². The van der Waals surface area contributed by atoms with Crippen molar-refractivity contribution in [3.05, 3.63) is 112 Å². The maximum atomic E-state index is 15.0. The van der Waals surface area contributed by atoms with Crippen LogP contribution in [0.3, 0.4) is 0 Å². The minimum atomic E-state index is -2.55.